The first-order valence-corrected chi connectivity index (χ1v) is 8.72. The van der Waals surface area contributed by atoms with Crippen molar-refractivity contribution in [1.29, 1.82) is 0 Å². The van der Waals surface area contributed by atoms with Crippen LogP contribution in [0.3, 0.4) is 0 Å². The number of ether oxygens (including phenoxy) is 1. The molecule has 4 rings (SSSR count). The third kappa shape index (κ3) is 3.17. The zero-order chi connectivity index (χ0) is 15.8. The smallest absolute Gasteiger partial charge is 0.225 e. The molecule has 1 amide bonds. The predicted octanol–water partition coefficient (Wildman–Crippen LogP) is 1.16. The number of anilines is 1. The lowest BCUT2D eigenvalue weighted by atomic mass is 9.99. The number of fused-ring (bicyclic) bond motifs is 2. The number of hydrogen-bond donors (Lipinski definition) is 1. The standard InChI is InChI=1S/C17H24N4O2/c1-2-11-6-19-17(20-7-11)21-9-13-5-14(15(10-21)23-13)16(22)18-8-12-3-4-12/h6-7,12-15H,2-5,8-10H2,1H3,(H,18,22). The van der Waals surface area contributed by atoms with Gasteiger partial charge in [-0.05, 0) is 37.2 Å². The summed E-state index contributed by atoms with van der Waals surface area (Å²) in [5, 5.41) is 3.10. The number of hydrogen-bond acceptors (Lipinski definition) is 5. The Morgan fingerprint density at radius 3 is 2.83 bits per heavy atom. The number of nitrogens with one attached hydrogen (secondary N) is 1. The van der Waals surface area contributed by atoms with Crippen molar-refractivity contribution in [2.24, 2.45) is 11.8 Å². The van der Waals surface area contributed by atoms with Gasteiger partial charge in [0, 0.05) is 32.0 Å². The van der Waals surface area contributed by atoms with Gasteiger partial charge in [-0.2, -0.15) is 0 Å². The predicted molar refractivity (Wildman–Crippen MR) is 86.1 cm³/mol. The van der Waals surface area contributed by atoms with Crippen LogP contribution in [0, 0.1) is 11.8 Å². The number of carbonyl (C=O) groups excluding carboxylic acids is 1. The van der Waals surface area contributed by atoms with E-state index in [2.05, 4.69) is 27.1 Å². The minimum atomic E-state index is -0.0394. The number of aryl methyl sites for hydroxylation is 1. The molecule has 0 spiro atoms. The Morgan fingerprint density at radius 1 is 1.35 bits per heavy atom. The van der Waals surface area contributed by atoms with E-state index in [1.807, 2.05) is 12.4 Å². The average Bonchev–Trinajstić information content (AvgIpc) is 3.37. The highest BCUT2D eigenvalue weighted by atomic mass is 16.5. The van der Waals surface area contributed by atoms with E-state index in [9.17, 15) is 4.79 Å². The molecule has 1 aromatic heterocycles. The molecule has 124 valence electrons. The third-order valence-electron chi connectivity index (χ3n) is 5.14. The van der Waals surface area contributed by atoms with Crippen LogP contribution in [-0.2, 0) is 16.0 Å². The van der Waals surface area contributed by atoms with Gasteiger partial charge in [0.25, 0.3) is 0 Å². The van der Waals surface area contributed by atoms with E-state index in [1.165, 1.54) is 12.8 Å². The maximum atomic E-state index is 12.4. The summed E-state index contributed by atoms with van der Waals surface area (Å²) < 4.78 is 5.99. The number of aromatic nitrogens is 2. The third-order valence-corrected chi connectivity index (χ3v) is 5.14. The van der Waals surface area contributed by atoms with Crippen LogP contribution in [0.2, 0.25) is 0 Å². The van der Waals surface area contributed by atoms with Crippen molar-refractivity contribution < 1.29 is 9.53 Å². The number of nitrogens with zero attached hydrogens (tertiary/aromatic N) is 3. The van der Waals surface area contributed by atoms with Crippen LogP contribution in [0.1, 0.15) is 31.7 Å². The Kier molecular flexibility index (Phi) is 3.93. The second kappa shape index (κ2) is 6.07. The van der Waals surface area contributed by atoms with E-state index in [1.54, 1.807) is 0 Å². The first-order valence-electron chi connectivity index (χ1n) is 8.72. The average molecular weight is 316 g/mol. The SMILES string of the molecule is CCc1cnc(N2CC3CC(C(=O)NCC4CC4)C(C2)O3)nc1. The van der Waals surface area contributed by atoms with Crippen LogP contribution in [0.15, 0.2) is 12.4 Å². The molecule has 2 bridgehead atoms. The van der Waals surface area contributed by atoms with Gasteiger partial charge in [-0.1, -0.05) is 6.92 Å². The summed E-state index contributed by atoms with van der Waals surface area (Å²) >= 11 is 0. The lowest BCUT2D eigenvalue weighted by molar-refractivity contribution is -0.126. The molecular weight excluding hydrogens is 292 g/mol. The van der Waals surface area contributed by atoms with Crippen molar-refractivity contribution in [3.05, 3.63) is 18.0 Å². The fourth-order valence-corrected chi connectivity index (χ4v) is 3.49. The van der Waals surface area contributed by atoms with Crippen LogP contribution in [0.4, 0.5) is 5.95 Å². The molecule has 3 atom stereocenters. The lowest BCUT2D eigenvalue weighted by Crippen LogP contribution is -2.46. The van der Waals surface area contributed by atoms with Crippen LogP contribution in [0.5, 0.6) is 0 Å². The summed E-state index contributed by atoms with van der Waals surface area (Å²) in [4.78, 5) is 23.5. The highest BCUT2D eigenvalue weighted by Gasteiger charge is 2.45. The maximum Gasteiger partial charge on any atom is 0.225 e. The molecule has 23 heavy (non-hydrogen) atoms. The normalized spacial score (nSPS) is 29.6. The lowest BCUT2D eigenvalue weighted by Gasteiger charge is -2.32. The summed E-state index contributed by atoms with van der Waals surface area (Å²) in [6, 6.07) is 0. The summed E-state index contributed by atoms with van der Waals surface area (Å²) in [5.74, 6) is 1.59. The Hall–Kier alpha value is -1.69. The highest BCUT2D eigenvalue weighted by molar-refractivity contribution is 5.80. The molecule has 1 N–H and O–H groups in total. The van der Waals surface area contributed by atoms with Crippen molar-refractivity contribution in [2.75, 3.05) is 24.5 Å². The molecular formula is C17H24N4O2. The Labute approximate surface area is 136 Å². The van der Waals surface area contributed by atoms with Gasteiger partial charge in [0.05, 0.1) is 18.1 Å². The molecule has 3 unspecified atom stereocenters. The molecule has 1 aliphatic carbocycles. The Morgan fingerprint density at radius 2 is 2.13 bits per heavy atom. The molecule has 6 nitrogen and oxygen atoms in total. The van der Waals surface area contributed by atoms with Crippen molar-refractivity contribution in [3.63, 3.8) is 0 Å². The molecule has 3 fully saturated rings. The van der Waals surface area contributed by atoms with Gasteiger partial charge in [-0.3, -0.25) is 4.79 Å². The quantitative estimate of drug-likeness (QED) is 0.883. The number of rotatable bonds is 5. The van der Waals surface area contributed by atoms with E-state index in [4.69, 9.17) is 4.74 Å². The fraction of sp³-hybridized carbons (Fsp3) is 0.706. The Bertz CT molecular complexity index is 572. The zero-order valence-corrected chi connectivity index (χ0v) is 13.6. The van der Waals surface area contributed by atoms with Gasteiger partial charge in [0.2, 0.25) is 11.9 Å². The first-order chi connectivity index (χ1) is 11.2. The van der Waals surface area contributed by atoms with Gasteiger partial charge >= 0.3 is 0 Å². The second-order valence-electron chi connectivity index (χ2n) is 6.98. The fourth-order valence-electron chi connectivity index (χ4n) is 3.49. The van der Waals surface area contributed by atoms with E-state index < -0.39 is 0 Å². The molecule has 2 saturated heterocycles. The second-order valence-corrected chi connectivity index (χ2v) is 6.98. The van der Waals surface area contributed by atoms with Gasteiger partial charge in [-0.25, -0.2) is 9.97 Å². The van der Waals surface area contributed by atoms with Gasteiger partial charge in [0.1, 0.15) is 0 Å². The zero-order valence-electron chi connectivity index (χ0n) is 13.6. The van der Waals surface area contributed by atoms with E-state index in [-0.39, 0.29) is 24.0 Å². The molecule has 6 heteroatoms. The summed E-state index contributed by atoms with van der Waals surface area (Å²) in [6.45, 7) is 4.40. The highest BCUT2D eigenvalue weighted by Crippen LogP contribution is 2.34. The van der Waals surface area contributed by atoms with Crippen LogP contribution < -0.4 is 10.2 Å². The maximum absolute atomic E-state index is 12.4. The van der Waals surface area contributed by atoms with Gasteiger partial charge in [0.15, 0.2) is 0 Å². The first kappa shape index (κ1) is 14.9. The monoisotopic (exact) mass is 316 g/mol. The van der Waals surface area contributed by atoms with Gasteiger partial charge in [-0.15, -0.1) is 0 Å². The van der Waals surface area contributed by atoms with Crippen molar-refractivity contribution in [1.82, 2.24) is 15.3 Å². The summed E-state index contributed by atoms with van der Waals surface area (Å²) in [5.41, 5.74) is 1.14. The van der Waals surface area contributed by atoms with E-state index in [0.29, 0.717) is 12.5 Å². The molecule has 3 heterocycles. The molecule has 3 aliphatic rings. The Balaban J connectivity index is 1.39. The largest absolute Gasteiger partial charge is 0.370 e. The number of morpholine rings is 1. The van der Waals surface area contributed by atoms with E-state index >= 15 is 0 Å². The molecule has 0 radical (unpaired) electrons. The molecule has 0 aromatic carbocycles. The van der Waals surface area contributed by atoms with E-state index in [0.717, 1.165) is 37.4 Å². The van der Waals surface area contributed by atoms with Crippen molar-refractivity contribution in [2.45, 2.75) is 44.8 Å². The van der Waals surface area contributed by atoms with Crippen LogP contribution >= 0.6 is 0 Å². The number of carbonyl (C=O) groups is 1. The van der Waals surface area contributed by atoms with Crippen molar-refractivity contribution in [3.8, 4) is 0 Å². The topological polar surface area (TPSA) is 67.4 Å². The van der Waals surface area contributed by atoms with Crippen LogP contribution in [0.25, 0.3) is 0 Å². The molecule has 1 saturated carbocycles. The minimum Gasteiger partial charge on any atom is -0.370 e. The van der Waals surface area contributed by atoms with Crippen LogP contribution in [-0.4, -0.2) is 47.7 Å². The summed E-state index contributed by atoms with van der Waals surface area (Å²) in [7, 11) is 0. The molecule has 1 aromatic rings. The van der Waals surface area contributed by atoms with Gasteiger partial charge < -0.3 is 15.0 Å². The summed E-state index contributed by atoms with van der Waals surface area (Å²) in [6.07, 6.45) is 8.11. The molecule has 2 aliphatic heterocycles. The number of amides is 1. The minimum absolute atomic E-state index is 0.0290. The van der Waals surface area contributed by atoms with Crippen molar-refractivity contribution >= 4 is 11.9 Å².